The number of nitrogens with zero attached hydrogens (tertiary/aromatic N) is 3. The van der Waals surface area contributed by atoms with Crippen LogP contribution in [0.2, 0.25) is 0 Å². The summed E-state index contributed by atoms with van der Waals surface area (Å²) in [6.07, 6.45) is 0. The third-order valence-corrected chi connectivity index (χ3v) is 6.81. The molecular formula is C20H24N4O7S. The van der Waals surface area contributed by atoms with Crippen LogP contribution in [0.15, 0.2) is 46.4 Å². The first-order chi connectivity index (χ1) is 15.3. The fourth-order valence-electron chi connectivity index (χ4n) is 3.16. The Balaban J connectivity index is 1.89. The van der Waals surface area contributed by atoms with E-state index >= 15 is 0 Å². The Morgan fingerprint density at radius 2 is 1.88 bits per heavy atom. The van der Waals surface area contributed by atoms with Gasteiger partial charge in [0.25, 0.3) is 5.69 Å². The van der Waals surface area contributed by atoms with E-state index in [0.29, 0.717) is 22.8 Å². The van der Waals surface area contributed by atoms with Gasteiger partial charge in [0.2, 0.25) is 10.0 Å². The van der Waals surface area contributed by atoms with Crippen molar-refractivity contribution in [2.24, 2.45) is 5.10 Å². The lowest BCUT2D eigenvalue weighted by molar-refractivity contribution is -0.384. The standard InChI is InChI=1S/C20H24N4O7S/c1-14(17-6-4-15(29-2)12-20(17)30-3)21-22-18-7-5-16(13-19(18)24(25)26)32(27,28)23-8-10-31-11-9-23/h4-7,12-13,22H,8-11H2,1-3H3/b21-14+. The van der Waals surface area contributed by atoms with Crippen molar-refractivity contribution in [1.82, 2.24) is 4.31 Å². The highest BCUT2D eigenvalue weighted by atomic mass is 32.2. The molecule has 0 spiro atoms. The third kappa shape index (κ3) is 4.98. The minimum Gasteiger partial charge on any atom is -0.497 e. The molecule has 2 aromatic carbocycles. The topological polar surface area (TPSA) is 133 Å². The maximum Gasteiger partial charge on any atom is 0.295 e. The SMILES string of the molecule is COc1ccc(/C(C)=N/Nc2ccc(S(=O)(=O)N3CCOCC3)cc2[N+](=O)[O-])c(OC)c1. The molecule has 1 saturated heterocycles. The van der Waals surface area contributed by atoms with Crippen molar-refractivity contribution >= 4 is 27.1 Å². The maximum absolute atomic E-state index is 12.8. The maximum atomic E-state index is 12.8. The summed E-state index contributed by atoms with van der Waals surface area (Å²) < 4.78 is 42.6. The fraction of sp³-hybridized carbons (Fsp3) is 0.350. The number of nitro benzene ring substituents is 1. The Bertz CT molecular complexity index is 1130. The van der Waals surface area contributed by atoms with E-state index in [4.69, 9.17) is 14.2 Å². The highest BCUT2D eigenvalue weighted by Gasteiger charge is 2.29. The van der Waals surface area contributed by atoms with Gasteiger partial charge in [-0.3, -0.25) is 15.5 Å². The Hall–Kier alpha value is -3.22. The number of morpholine rings is 1. The van der Waals surface area contributed by atoms with E-state index in [1.54, 1.807) is 32.2 Å². The van der Waals surface area contributed by atoms with Crippen molar-refractivity contribution in [2.45, 2.75) is 11.8 Å². The number of sulfonamides is 1. The van der Waals surface area contributed by atoms with E-state index in [-0.39, 0.29) is 36.9 Å². The number of nitro groups is 1. The summed E-state index contributed by atoms with van der Waals surface area (Å²) in [7, 11) is -0.816. The Kier molecular flexibility index (Phi) is 7.28. The largest absolute Gasteiger partial charge is 0.497 e. The van der Waals surface area contributed by atoms with Crippen LogP contribution in [-0.4, -0.2) is 63.9 Å². The van der Waals surface area contributed by atoms with E-state index in [9.17, 15) is 18.5 Å². The molecule has 1 aliphatic heterocycles. The number of nitrogens with one attached hydrogen (secondary N) is 1. The molecule has 0 atom stereocenters. The van der Waals surface area contributed by atoms with Crippen LogP contribution in [0.25, 0.3) is 0 Å². The second-order valence-electron chi connectivity index (χ2n) is 6.83. The minimum absolute atomic E-state index is 0.0581. The van der Waals surface area contributed by atoms with Gasteiger partial charge in [-0.15, -0.1) is 0 Å². The number of rotatable bonds is 8. The van der Waals surface area contributed by atoms with Crippen molar-refractivity contribution < 1.29 is 27.6 Å². The molecule has 1 fully saturated rings. The van der Waals surface area contributed by atoms with Gasteiger partial charge in [-0.05, 0) is 31.2 Å². The van der Waals surface area contributed by atoms with E-state index < -0.39 is 20.6 Å². The molecule has 0 bridgehead atoms. The summed E-state index contributed by atoms with van der Waals surface area (Å²) >= 11 is 0. The van der Waals surface area contributed by atoms with Gasteiger partial charge in [-0.1, -0.05) is 0 Å². The zero-order valence-corrected chi connectivity index (χ0v) is 18.7. The molecule has 0 saturated carbocycles. The molecule has 172 valence electrons. The zero-order chi connectivity index (χ0) is 23.3. The van der Waals surface area contributed by atoms with Crippen LogP contribution in [0.3, 0.4) is 0 Å². The summed E-state index contributed by atoms with van der Waals surface area (Å²) in [5.41, 5.74) is 3.48. The highest BCUT2D eigenvalue weighted by molar-refractivity contribution is 7.89. The second-order valence-corrected chi connectivity index (χ2v) is 8.77. The Morgan fingerprint density at radius 1 is 1.16 bits per heavy atom. The normalized spacial score (nSPS) is 15.3. The van der Waals surface area contributed by atoms with Gasteiger partial charge < -0.3 is 14.2 Å². The first kappa shape index (κ1) is 23.4. The van der Waals surface area contributed by atoms with Gasteiger partial charge in [0.15, 0.2) is 0 Å². The molecule has 1 aliphatic rings. The van der Waals surface area contributed by atoms with Gasteiger partial charge in [-0.2, -0.15) is 9.41 Å². The highest BCUT2D eigenvalue weighted by Crippen LogP contribution is 2.30. The van der Waals surface area contributed by atoms with Crippen LogP contribution in [0.5, 0.6) is 11.5 Å². The molecule has 0 radical (unpaired) electrons. The lowest BCUT2D eigenvalue weighted by Crippen LogP contribution is -2.40. The number of hydrazone groups is 1. The number of anilines is 1. The average molecular weight is 465 g/mol. The molecule has 0 aromatic heterocycles. The third-order valence-electron chi connectivity index (χ3n) is 4.92. The van der Waals surface area contributed by atoms with Crippen molar-refractivity contribution in [3.8, 4) is 11.5 Å². The summed E-state index contributed by atoms with van der Waals surface area (Å²) in [4.78, 5) is 10.8. The summed E-state index contributed by atoms with van der Waals surface area (Å²) in [5, 5.41) is 15.8. The van der Waals surface area contributed by atoms with Crippen molar-refractivity contribution in [3.63, 3.8) is 0 Å². The number of methoxy groups -OCH3 is 2. The van der Waals surface area contributed by atoms with Crippen LogP contribution >= 0.6 is 0 Å². The van der Waals surface area contributed by atoms with Gasteiger partial charge in [-0.25, -0.2) is 8.42 Å². The molecule has 12 heteroatoms. The van der Waals surface area contributed by atoms with Crippen LogP contribution in [0.1, 0.15) is 12.5 Å². The summed E-state index contributed by atoms with van der Waals surface area (Å²) in [6, 6.07) is 8.87. The fourth-order valence-corrected chi connectivity index (χ4v) is 4.58. The Morgan fingerprint density at radius 3 is 2.50 bits per heavy atom. The van der Waals surface area contributed by atoms with Crippen molar-refractivity contribution in [1.29, 1.82) is 0 Å². The molecule has 0 amide bonds. The molecule has 11 nitrogen and oxygen atoms in total. The quantitative estimate of drug-likeness (QED) is 0.358. The summed E-state index contributed by atoms with van der Waals surface area (Å²) in [5.74, 6) is 1.13. The predicted octanol–water partition coefficient (Wildman–Crippen LogP) is 2.47. The number of hydrogen-bond donors (Lipinski definition) is 1. The van der Waals surface area contributed by atoms with Gasteiger partial charge in [0, 0.05) is 30.8 Å². The minimum atomic E-state index is -3.87. The predicted molar refractivity (Wildman–Crippen MR) is 118 cm³/mol. The zero-order valence-electron chi connectivity index (χ0n) is 17.9. The average Bonchev–Trinajstić information content (AvgIpc) is 2.82. The lowest BCUT2D eigenvalue weighted by Gasteiger charge is -2.26. The molecule has 1 heterocycles. The molecule has 32 heavy (non-hydrogen) atoms. The number of benzene rings is 2. The van der Waals surface area contributed by atoms with Gasteiger partial charge in [0.05, 0.1) is 43.0 Å². The smallest absolute Gasteiger partial charge is 0.295 e. The monoisotopic (exact) mass is 464 g/mol. The van der Waals surface area contributed by atoms with E-state index in [2.05, 4.69) is 10.5 Å². The molecule has 1 N–H and O–H groups in total. The first-order valence-corrected chi connectivity index (χ1v) is 11.1. The Labute approximate surface area is 185 Å². The van der Waals surface area contributed by atoms with Crippen LogP contribution in [0, 0.1) is 10.1 Å². The summed E-state index contributed by atoms with van der Waals surface area (Å²) in [6.45, 7) is 2.67. The number of hydrogen-bond acceptors (Lipinski definition) is 9. The lowest BCUT2D eigenvalue weighted by atomic mass is 10.1. The van der Waals surface area contributed by atoms with E-state index in [1.165, 1.54) is 23.5 Å². The van der Waals surface area contributed by atoms with Crippen LogP contribution in [0.4, 0.5) is 11.4 Å². The van der Waals surface area contributed by atoms with Gasteiger partial charge >= 0.3 is 0 Å². The van der Waals surface area contributed by atoms with E-state index in [0.717, 1.165) is 6.07 Å². The van der Waals surface area contributed by atoms with Gasteiger partial charge in [0.1, 0.15) is 17.2 Å². The van der Waals surface area contributed by atoms with Crippen LogP contribution in [-0.2, 0) is 14.8 Å². The first-order valence-electron chi connectivity index (χ1n) is 9.67. The van der Waals surface area contributed by atoms with E-state index in [1.807, 2.05) is 0 Å². The van der Waals surface area contributed by atoms with Crippen LogP contribution < -0.4 is 14.9 Å². The molecule has 0 aliphatic carbocycles. The number of ether oxygens (including phenoxy) is 3. The van der Waals surface area contributed by atoms with Crippen molar-refractivity contribution in [3.05, 3.63) is 52.1 Å². The molecule has 2 aromatic rings. The molecule has 3 rings (SSSR count). The molecular weight excluding hydrogens is 440 g/mol. The van der Waals surface area contributed by atoms with Crippen molar-refractivity contribution in [2.75, 3.05) is 45.9 Å². The second kappa shape index (κ2) is 9.94. The molecule has 0 unspecified atom stereocenters.